The van der Waals surface area contributed by atoms with E-state index in [9.17, 15) is 0 Å². The van der Waals surface area contributed by atoms with Crippen molar-refractivity contribution in [3.05, 3.63) is 48.8 Å². The van der Waals surface area contributed by atoms with Gasteiger partial charge < -0.3 is 0 Å². The van der Waals surface area contributed by atoms with Crippen LogP contribution in [0.1, 0.15) is 0 Å². The summed E-state index contributed by atoms with van der Waals surface area (Å²) in [7, 11) is 0. The number of hydrogen-bond donors (Lipinski definition) is 1. The molecule has 70 valence electrons. The van der Waals surface area contributed by atoms with Crippen LogP contribution in [0, 0.1) is 5.53 Å². The summed E-state index contributed by atoms with van der Waals surface area (Å²) in [5, 5.41) is 8.77. The molecule has 0 atom stereocenters. The number of benzene rings is 1. The normalized spacial score (nSPS) is 9.71. The first-order valence-electron chi connectivity index (χ1n) is 4.14. The molecular formula is C9H9N5. The van der Waals surface area contributed by atoms with E-state index in [4.69, 9.17) is 5.53 Å². The van der Waals surface area contributed by atoms with E-state index in [-0.39, 0.29) is 0 Å². The van der Waals surface area contributed by atoms with E-state index in [2.05, 4.69) is 10.3 Å². The topological polar surface area (TPSA) is 57.3 Å². The minimum absolute atomic E-state index is 0.797. The Labute approximate surface area is 81.0 Å². The number of anilines is 1. The molecule has 0 radical (unpaired) electrons. The summed E-state index contributed by atoms with van der Waals surface area (Å²) in [6, 6.07) is 11.2. The zero-order valence-electron chi connectivity index (χ0n) is 7.41. The van der Waals surface area contributed by atoms with E-state index in [1.807, 2.05) is 30.3 Å². The molecule has 1 heterocycles. The second kappa shape index (κ2) is 3.69. The fraction of sp³-hybridized carbons (Fsp3) is 0. The summed E-state index contributed by atoms with van der Waals surface area (Å²) in [5.41, 5.74) is 7.86. The van der Waals surface area contributed by atoms with Crippen LogP contribution in [-0.2, 0) is 0 Å². The molecule has 2 aromatic rings. The van der Waals surface area contributed by atoms with Gasteiger partial charge in [-0.1, -0.05) is 23.4 Å². The number of aromatic nitrogens is 2. The fourth-order valence-electron chi connectivity index (χ4n) is 1.16. The van der Waals surface area contributed by atoms with Gasteiger partial charge in [0.05, 0.1) is 18.1 Å². The van der Waals surface area contributed by atoms with Crippen LogP contribution in [-0.4, -0.2) is 9.89 Å². The summed E-state index contributed by atoms with van der Waals surface area (Å²) in [6.45, 7) is 0. The van der Waals surface area contributed by atoms with Crippen molar-refractivity contribution in [1.29, 1.82) is 5.53 Å². The quantitative estimate of drug-likeness (QED) is 0.590. The number of nitrogens with one attached hydrogen (secondary N) is 1. The van der Waals surface area contributed by atoms with Crippen LogP contribution in [0.2, 0.25) is 0 Å². The van der Waals surface area contributed by atoms with Gasteiger partial charge in [-0.25, -0.2) is 0 Å². The van der Waals surface area contributed by atoms with E-state index >= 15 is 0 Å². The zero-order valence-corrected chi connectivity index (χ0v) is 7.41. The van der Waals surface area contributed by atoms with Crippen LogP contribution in [0.15, 0.2) is 54.0 Å². The highest BCUT2D eigenvalue weighted by molar-refractivity contribution is 5.43. The molecule has 0 saturated carbocycles. The smallest absolute Gasteiger partial charge is 0.0874 e. The van der Waals surface area contributed by atoms with Crippen LogP contribution in [0.25, 0.3) is 0 Å². The lowest BCUT2D eigenvalue weighted by atomic mass is 10.3. The van der Waals surface area contributed by atoms with Gasteiger partial charge in [0.15, 0.2) is 0 Å². The molecule has 0 amide bonds. The zero-order chi connectivity index (χ0) is 9.80. The van der Waals surface area contributed by atoms with Crippen LogP contribution >= 0.6 is 0 Å². The molecule has 0 saturated heterocycles. The van der Waals surface area contributed by atoms with Crippen LogP contribution < -0.4 is 5.12 Å². The van der Waals surface area contributed by atoms with E-state index in [0.717, 1.165) is 5.69 Å². The molecule has 2 rings (SSSR count). The van der Waals surface area contributed by atoms with Crippen molar-refractivity contribution in [3.8, 4) is 0 Å². The number of para-hydroxylation sites is 1. The summed E-state index contributed by atoms with van der Waals surface area (Å²) >= 11 is 0. The van der Waals surface area contributed by atoms with Crippen molar-refractivity contribution in [2.75, 3.05) is 5.12 Å². The highest BCUT2D eigenvalue weighted by Crippen LogP contribution is 2.13. The second-order valence-corrected chi connectivity index (χ2v) is 2.65. The Morgan fingerprint density at radius 3 is 2.57 bits per heavy atom. The molecule has 0 unspecified atom stereocenters. The molecule has 1 aromatic heterocycles. The van der Waals surface area contributed by atoms with Gasteiger partial charge in [-0.05, 0) is 18.2 Å². The van der Waals surface area contributed by atoms with E-state index < -0.39 is 0 Å². The monoisotopic (exact) mass is 187 g/mol. The molecule has 1 N–H and O–H groups in total. The molecule has 0 spiro atoms. The highest BCUT2D eigenvalue weighted by atomic mass is 15.8. The van der Waals surface area contributed by atoms with Crippen molar-refractivity contribution in [1.82, 2.24) is 9.89 Å². The van der Waals surface area contributed by atoms with E-state index in [1.165, 1.54) is 9.91 Å². The first kappa shape index (κ1) is 8.43. The molecule has 0 aliphatic rings. The average molecular weight is 187 g/mol. The lowest BCUT2D eigenvalue weighted by Gasteiger charge is -2.15. The summed E-state index contributed by atoms with van der Waals surface area (Å²) < 4.78 is 0. The minimum Gasteiger partial charge on any atom is -0.185 e. The molecule has 14 heavy (non-hydrogen) atoms. The van der Waals surface area contributed by atoms with Gasteiger partial charge in [-0.15, -0.1) is 5.12 Å². The summed E-state index contributed by atoms with van der Waals surface area (Å²) in [4.78, 5) is 1.49. The molecular weight excluding hydrogens is 178 g/mol. The lowest BCUT2D eigenvalue weighted by molar-refractivity contribution is 0.602. The van der Waals surface area contributed by atoms with Crippen molar-refractivity contribution in [2.45, 2.75) is 0 Å². The molecule has 5 heteroatoms. The Morgan fingerprint density at radius 2 is 2.00 bits per heavy atom. The van der Waals surface area contributed by atoms with Gasteiger partial charge >= 0.3 is 0 Å². The molecule has 0 bridgehead atoms. The second-order valence-electron chi connectivity index (χ2n) is 2.65. The first-order valence-corrected chi connectivity index (χ1v) is 4.14. The number of nitrogens with zero attached hydrogens (tertiary/aromatic N) is 4. The van der Waals surface area contributed by atoms with Crippen molar-refractivity contribution in [2.24, 2.45) is 5.22 Å². The molecule has 1 aromatic carbocycles. The third-order valence-corrected chi connectivity index (χ3v) is 1.77. The van der Waals surface area contributed by atoms with Gasteiger partial charge in [0.2, 0.25) is 0 Å². The maximum atomic E-state index is 7.06. The van der Waals surface area contributed by atoms with Crippen LogP contribution in [0.4, 0.5) is 5.69 Å². The summed E-state index contributed by atoms with van der Waals surface area (Å²) in [5.74, 6) is 0. The minimum atomic E-state index is 0.797. The third kappa shape index (κ3) is 1.47. The molecule has 0 aliphatic heterocycles. The Balaban J connectivity index is 2.36. The van der Waals surface area contributed by atoms with Crippen LogP contribution in [0.5, 0.6) is 0 Å². The number of rotatable bonds is 3. The average Bonchev–Trinajstić information content (AvgIpc) is 2.74. The Morgan fingerprint density at radius 1 is 1.21 bits per heavy atom. The number of hydrogen-bond acceptors (Lipinski definition) is 3. The predicted molar refractivity (Wildman–Crippen MR) is 51.7 cm³/mol. The van der Waals surface area contributed by atoms with Gasteiger partial charge in [0.1, 0.15) is 0 Å². The molecule has 5 nitrogen and oxygen atoms in total. The standard InChI is InChI=1S/C9H9N5/c10-12-14(13-8-4-7-11-13)9-5-2-1-3-6-9/h1-8,10H. The highest BCUT2D eigenvalue weighted by Gasteiger charge is 2.05. The van der Waals surface area contributed by atoms with E-state index in [1.54, 1.807) is 18.5 Å². The Kier molecular flexibility index (Phi) is 2.22. The lowest BCUT2D eigenvalue weighted by Crippen LogP contribution is -2.23. The van der Waals surface area contributed by atoms with Crippen molar-refractivity contribution < 1.29 is 0 Å². The largest absolute Gasteiger partial charge is 0.185 e. The first-order chi connectivity index (χ1) is 6.92. The van der Waals surface area contributed by atoms with Gasteiger partial charge in [0, 0.05) is 0 Å². The van der Waals surface area contributed by atoms with Crippen molar-refractivity contribution >= 4 is 5.69 Å². The van der Waals surface area contributed by atoms with Crippen molar-refractivity contribution in [3.63, 3.8) is 0 Å². The van der Waals surface area contributed by atoms with E-state index in [0.29, 0.717) is 0 Å². The van der Waals surface area contributed by atoms with Crippen LogP contribution in [0.3, 0.4) is 0 Å². The maximum absolute atomic E-state index is 7.06. The predicted octanol–water partition coefficient (Wildman–Crippen LogP) is 2.10. The molecule has 0 aliphatic carbocycles. The Bertz CT molecular complexity index is 394. The van der Waals surface area contributed by atoms with Gasteiger partial charge in [0.25, 0.3) is 0 Å². The fourth-order valence-corrected chi connectivity index (χ4v) is 1.16. The maximum Gasteiger partial charge on any atom is 0.0874 e. The van der Waals surface area contributed by atoms with Gasteiger partial charge in [-0.3, -0.25) is 0 Å². The Hall–Kier alpha value is -2.17. The summed E-state index contributed by atoms with van der Waals surface area (Å²) in [6.07, 6.45) is 3.37. The third-order valence-electron chi connectivity index (χ3n) is 1.77. The molecule has 0 fully saturated rings. The van der Waals surface area contributed by atoms with Gasteiger partial charge in [-0.2, -0.15) is 15.4 Å². The SMILES string of the molecule is N=NN(c1ccccc1)n1cccn1.